The van der Waals surface area contributed by atoms with E-state index < -0.39 is 6.09 Å². The van der Waals surface area contributed by atoms with Crippen LogP contribution in [0, 0.1) is 0 Å². The fourth-order valence-electron chi connectivity index (χ4n) is 1.14. The first kappa shape index (κ1) is 12.2. The number of hydrogen-bond donors (Lipinski definition) is 1. The van der Waals surface area contributed by atoms with E-state index in [0.717, 1.165) is 0 Å². The molecule has 90 valence electrons. The van der Waals surface area contributed by atoms with Gasteiger partial charge in [0.1, 0.15) is 4.60 Å². The summed E-state index contributed by atoms with van der Waals surface area (Å²) in [6.45, 7) is 2.00. The van der Waals surface area contributed by atoms with Crippen LogP contribution in [0.5, 0.6) is 0 Å². The number of aromatic nitrogens is 4. The molecule has 0 radical (unpaired) electrons. The first-order chi connectivity index (χ1) is 8.10. The van der Waals surface area contributed by atoms with Crippen LogP contribution in [0.3, 0.4) is 0 Å². The van der Waals surface area contributed by atoms with Gasteiger partial charge in [0.05, 0.1) is 12.8 Å². The van der Waals surface area contributed by atoms with Crippen LogP contribution in [0.25, 0.3) is 5.65 Å². The molecule has 0 aliphatic heterocycles. The fraction of sp³-hybridized carbons (Fsp3) is 0.250. The highest BCUT2D eigenvalue weighted by atomic mass is 79.9. The fourth-order valence-corrected chi connectivity index (χ4v) is 2.21. The lowest BCUT2D eigenvalue weighted by Gasteiger charge is -1.98. The van der Waals surface area contributed by atoms with E-state index in [9.17, 15) is 4.79 Å². The summed E-state index contributed by atoms with van der Waals surface area (Å²) >= 11 is 6.48. The average molecular weight is 365 g/mol. The van der Waals surface area contributed by atoms with Gasteiger partial charge in [-0.3, -0.25) is 5.32 Å². The topological polar surface area (TPSA) is 81.4 Å². The van der Waals surface area contributed by atoms with Gasteiger partial charge in [-0.1, -0.05) is 0 Å². The highest BCUT2D eigenvalue weighted by Gasteiger charge is 2.11. The Morgan fingerprint density at radius 1 is 1.53 bits per heavy atom. The highest BCUT2D eigenvalue weighted by molar-refractivity contribution is 9.11. The zero-order chi connectivity index (χ0) is 12.4. The third kappa shape index (κ3) is 2.72. The SMILES string of the molecule is CCOC(=O)Nc1nc2c(Br)nc(Br)cn2n1. The lowest BCUT2D eigenvalue weighted by molar-refractivity contribution is 0.167. The first-order valence-corrected chi connectivity index (χ1v) is 6.21. The standard InChI is InChI=1S/C8H7Br2N5O2/c1-2-17-8(16)13-7-12-6-5(10)11-4(9)3-15(6)14-7/h3H,2H2,1H3,(H,13,14,16). The molecule has 0 aromatic carbocycles. The summed E-state index contributed by atoms with van der Waals surface area (Å²) in [6, 6.07) is 0. The van der Waals surface area contributed by atoms with Gasteiger partial charge in [0, 0.05) is 0 Å². The van der Waals surface area contributed by atoms with Gasteiger partial charge in [0.2, 0.25) is 0 Å². The van der Waals surface area contributed by atoms with E-state index in [-0.39, 0.29) is 12.6 Å². The number of nitrogens with zero attached hydrogens (tertiary/aromatic N) is 4. The monoisotopic (exact) mass is 363 g/mol. The highest BCUT2D eigenvalue weighted by Crippen LogP contribution is 2.18. The first-order valence-electron chi connectivity index (χ1n) is 4.62. The maximum Gasteiger partial charge on any atom is 0.414 e. The van der Waals surface area contributed by atoms with Crippen molar-refractivity contribution in [3.63, 3.8) is 0 Å². The molecule has 2 heterocycles. The smallest absolute Gasteiger partial charge is 0.414 e. The Balaban J connectivity index is 2.32. The number of anilines is 1. The predicted molar refractivity (Wildman–Crippen MR) is 66.8 cm³/mol. The van der Waals surface area contributed by atoms with Crippen molar-refractivity contribution in [2.24, 2.45) is 0 Å². The van der Waals surface area contributed by atoms with Gasteiger partial charge in [0.15, 0.2) is 10.3 Å². The molecule has 17 heavy (non-hydrogen) atoms. The third-order valence-electron chi connectivity index (χ3n) is 1.74. The Kier molecular flexibility index (Phi) is 3.57. The van der Waals surface area contributed by atoms with Crippen molar-refractivity contribution in [2.45, 2.75) is 6.92 Å². The molecule has 0 bridgehead atoms. The summed E-state index contributed by atoms with van der Waals surface area (Å²) in [5.74, 6) is 0.157. The van der Waals surface area contributed by atoms with Crippen LogP contribution in [-0.2, 0) is 4.74 Å². The van der Waals surface area contributed by atoms with E-state index in [0.29, 0.717) is 14.9 Å². The number of halogens is 2. The second kappa shape index (κ2) is 4.96. The second-order valence-corrected chi connectivity index (χ2v) is 4.47. The van der Waals surface area contributed by atoms with E-state index in [4.69, 9.17) is 4.74 Å². The number of rotatable bonds is 2. The molecule has 0 spiro atoms. The Bertz CT molecular complexity index is 570. The van der Waals surface area contributed by atoms with Crippen molar-refractivity contribution in [2.75, 3.05) is 11.9 Å². The van der Waals surface area contributed by atoms with Gasteiger partial charge in [-0.05, 0) is 38.8 Å². The summed E-state index contributed by atoms with van der Waals surface area (Å²) < 4.78 is 7.33. The van der Waals surface area contributed by atoms with Gasteiger partial charge >= 0.3 is 6.09 Å². The Labute approximate surface area is 113 Å². The minimum atomic E-state index is -0.591. The number of carbonyl (C=O) groups is 1. The molecule has 2 aromatic heterocycles. The number of carbonyl (C=O) groups excluding carboxylic acids is 1. The van der Waals surface area contributed by atoms with Gasteiger partial charge < -0.3 is 4.74 Å². The summed E-state index contributed by atoms with van der Waals surface area (Å²) in [5, 5.41) is 6.46. The molecule has 1 N–H and O–H groups in total. The summed E-state index contributed by atoms with van der Waals surface area (Å²) in [6.07, 6.45) is 1.04. The molecular formula is C8H7Br2N5O2. The summed E-state index contributed by atoms with van der Waals surface area (Å²) in [7, 11) is 0. The third-order valence-corrected chi connectivity index (χ3v) is 2.65. The molecular weight excluding hydrogens is 358 g/mol. The molecule has 7 nitrogen and oxygen atoms in total. The molecule has 1 amide bonds. The van der Waals surface area contributed by atoms with Crippen molar-refractivity contribution in [1.82, 2.24) is 19.6 Å². The van der Waals surface area contributed by atoms with Crippen LogP contribution in [0.15, 0.2) is 15.4 Å². The van der Waals surface area contributed by atoms with Gasteiger partial charge in [-0.15, -0.1) is 5.10 Å². The van der Waals surface area contributed by atoms with Crippen molar-refractivity contribution in [1.29, 1.82) is 0 Å². The molecule has 9 heteroatoms. The van der Waals surface area contributed by atoms with E-state index in [2.05, 4.69) is 52.2 Å². The minimum Gasteiger partial charge on any atom is -0.450 e. The minimum absolute atomic E-state index is 0.157. The van der Waals surface area contributed by atoms with Crippen LogP contribution >= 0.6 is 31.9 Å². The maximum atomic E-state index is 11.2. The molecule has 0 aliphatic carbocycles. The lowest BCUT2D eigenvalue weighted by atomic mass is 10.7. The summed E-state index contributed by atoms with van der Waals surface area (Å²) in [5.41, 5.74) is 0.500. The van der Waals surface area contributed by atoms with Crippen LogP contribution in [0.1, 0.15) is 6.92 Å². The van der Waals surface area contributed by atoms with E-state index >= 15 is 0 Å². The second-order valence-electron chi connectivity index (χ2n) is 2.90. The van der Waals surface area contributed by atoms with E-state index in [1.165, 1.54) is 4.52 Å². The van der Waals surface area contributed by atoms with Crippen molar-refractivity contribution in [3.05, 3.63) is 15.4 Å². The maximum absolute atomic E-state index is 11.2. The molecule has 0 saturated heterocycles. The molecule has 0 aliphatic rings. The Hall–Kier alpha value is -1.22. The molecule has 0 saturated carbocycles. The predicted octanol–water partition coefficient (Wildman–Crippen LogP) is 2.22. The number of fused-ring (bicyclic) bond motifs is 1. The summed E-state index contributed by atoms with van der Waals surface area (Å²) in [4.78, 5) is 19.4. The zero-order valence-corrected chi connectivity index (χ0v) is 11.8. The van der Waals surface area contributed by atoms with Gasteiger partial charge in [-0.2, -0.15) is 4.98 Å². The lowest BCUT2D eigenvalue weighted by Crippen LogP contribution is -2.14. The van der Waals surface area contributed by atoms with Crippen LogP contribution < -0.4 is 5.32 Å². The molecule has 2 aromatic rings. The molecule has 0 fully saturated rings. The molecule has 2 rings (SSSR count). The van der Waals surface area contributed by atoms with Crippen molar-refractivity contribution in [3.8, 4) is 0 Å². The van der Waals surface area contributed by atoms with Crippen molar-refractivity contribution >= 4 is 49.5 Å². The Morgan fingerprint density at radius 3 is 3.00 bits per heavy atom. The van der Waals surface area contributed by atoms with E-state index in [1.807, 2.05) is 0 Å². The zero-order valence-electron chi connectivity index (χ0n) is 8.65. The quantitative estimate of drug-likeness (QED) is 0.883. The molecule has 0 atom stereocenters. The number of ether oxygens (including phenoxy) is 1. The van der Waals surface area contributed by atoms with E-state index in [1.54, 1.807) is 13.1 Å². The van der Waals surface area contributed by atoms with Crippen LogP contribution in [0.4, 0.5) is 10.7 Å². The van der Waals surface area contributed by atoms with Crippen LogP contribution in [0.2, 0.25) is 0 Å². The average Bonchev–Trinajstić information content (AvgIpc) is 2.60. The largest absolute Gasteiger partial charge is 0.450 e. The van der Waals surface area contributed by atoms with Gasteiger partial charge in [-0.25, -0.2) is 14.3 Å². The number of hydrogen-bond acceptors (Lipinski definition) is 5. The van der Waals surface area contributed by atoms with Crippen molar-refractivity contribution < 1.29 is 9.53 Å². The van der Waals surface area contributed by atoms with Crippen LogP contribution in [-0.4, -0.2) is 32.3 Å². The number of amides is 1. The van der Waals surface area contributed by atoms with Gasteiger partial charge in [0.25, 0.3) is 5.95 Å². The Morgan fingerprint density at radius 2 is 2.29 bits per heavy atom. The molecule has 0 unspecified atom stereocenters. The normalized spacial score (nSPS) is 10.5. The number of nitrogens with one attached hydrogen (secondary N) is 1.